The predicted octanol–water partition coefficient (Wildman–Crippen LogP) is 25.1. The van der Waals surface area contributed by atoms with Crippen LogP contribution in [0.4, 0.5) is 0 Å². The second-order valence-electron chi connectivity index (χ2n) is 25.5. The number of hydrogen-bond acceptors (Lipinski definition) is 7. The summed E-state index contributed by atoms with van der Waals surface area (Å²) in [4.78, 5) is 37.7. The largest absolute Gasteiger partial charge is 0.477 e. The molecule has 0 saturated heterocycles. The third kappa shape index (κ3) is 79.8. The highest BCUT2D eigenvalue weighted by molar-refractivity contribution is 5.71. The molecule has 0 radical (unpaired) electrons. The highest BCUT2D eigenvalue weighted by atomic mass is 16.7. The summed E-state index contributed by atoms with van der Waals surface area (Å²) in [6.07, 6.45) is 126. The van der Waals surface area contributed by atoms with E-state index >= 15 is 0 Å². The van der Waals surface area contributed by atoms with Crippen LogP contribution in [0, 0.1) is 0 Å². The number of nitrogens with zero attached hydrogens (tertiary/aromatic N) is 1. The van der Waals surface area contributed by atoms with Gasteiger partial charge in [0.15, 0.2) is 6.10 Å². The number of aliphatic carboxylic acids is 1. The SMILES string of the molecule is CC/C=C\C/C=C\C/C=C\C/C=C\C/C=C\C/C=C\C/C=C\C/C=C\C/C=C\C/C=C\C/C=C\C/C=C\CCCCCCC(=O)OC(COC(=O)CCCCCC/C=C\C/C=C\C/C=C\C/C=C\C/C=C\C/C=C\C/C=C\C/C=C\C/C=C\C/C=C\CC)COC(OCC[N+](C)(C)C)C(=O)O. The summed E-state index contributed by atoms with van der Waals surface area (Å²) in [5.74, 6) is -2.11. The maximum atomic E-state index is 13.0. The lowest BCUT2D eigenvalue weighted by Gasteiger charge is -2.25. The number of carboxylic acids is 1. The number of hydrogen-bond donors (Lipinski definition) is 1. The molecule has 0 rings (SSSR count). The number of ether oxygens (including phenoxy) is 4. The molecule has 0 spiro atoms. The van der Waals surface area contributed by atoms with E-state index in [0.717, 1.165) is 193 Å². The molecule has 558 valence electrons. The van der Waals surface area contributed by atoms with Crippen LogP contribution in [-0.2, 0) is 33.3 Å². The van der Waals surface area contributed by atoms with Crippen LogP contribution in [0.3, 0.4) is 0 Å². The van der Waals surface area contributed by atoms with Gasteiger partial charge in [-0.1, -0.05) is 307 Å². The van der Waals surface area contributed by atoms with Crippen molar-refractivity contribution in [2.24, 2.45) is 0 Å². The zero-order valence-electron chi connectivity index (χ0n) is 63.7. The van der Waals surface area contributed by atoms with Gasteiger partial charge in [-0.15, -0.1) is 0 Å². The van der Waals surface area contributed by atoms with Crippen LogP contribution in [0.25, 0.3) is 0 Å². The van der Waals surface area contributed by atoms with Crippen molar-refractivity contribution < 1.29 is 42.9 Å². The number of esters is 2. The monoisotopic (exact) mass is 1390 g/mol. The Kier molecular flexibility index (Phi) is 72.5. The maximum absolute atomic E-state index is 13.0. The van der Waals surface area contributed by atoms with Gasteiger partial charge in [0.25, 0.3) is 6.29 Å². The van der Waals surface area contributed by atoms with Crippen LogP contribution in [0.1, 0.15) is 232 Å². The van der Waals surface area contributed by atoms with E-state index in [1.165, 1.54) is 0 Å². The molecule has 0 aromatic rings. The zero-order chi connectivity index (χ0) is 73.2. The fourth-order valence-corrected chi connectivity index (χ4v) is 9.20. The van der Waals surface area contributed by atoms with Gasteiger partial charge in [0, 0.05) is 12.8 Å². The number of unbranched alkanes of at least 4 members (excludes halogenated alkanes) is 8. The van der Waals surface area contributed by atoms with E-state index in [2.05, 4.69) is 281 Å². The Balaban J connectivity index is 4.31. The molecule has 101 heavy (non-hydrogen) atoms. The first-order chi connectivity index (χ1) is 49.6. The Morgan fingerprint density at radius 2 is 0.535 bits per heavy atom. The highest BCUT2D eigenvalue weighted by Crippen LogP contribution is 2.13. The van der Waals surface area contributed by atoms with Crippen molar-refractivity contribution in [2.45, 2.75) is 245 Å². The molecule has 0 aliphatic rings. The molecule has 9 heteroatoms. The van der Waals surface area contributed by atoms with Gasteiger partial charge in [-0.05, 0) is 180 Å². The Hall–Kier alpha value is -7.43. The molecule has 0 heterocycles. The number of carbonyl (C=O) groups is 3. The van der Waals surface area contributed by atoms with Crippen LogP contribution in [0.5, 0.6) is 0 Å². The Bertz CT molecular complexity index is 2670. The van der Waals surface area contributed by atoms with E-state index < -0.39 is 24.3 Å². The number of carbonyl (C=O) groups excluding carboxylic acids is 2. The van der Waals surface area contributed by atoms with E-state index in [-0.39, 0.29) is 38.6 Å². The van der Waals surface area contributed by atoms with Crippen LogP contribution in [0.2, 0.25) is 0 Å². The molecule has 0 aliphatic heterocycles. The predicted molar refractivity (Wildman–Crippen MR) is 436 cm³/mol. The molecule has 1 N–H and O–H groups in total. The van der Waals surface area contributed by atoms with Gasteiger partial charge in [-0.25, -0.2) is 4.79 Å². The Morgan fingerprint density at radius 1 is 0.297 bits per heavy atom. The van der Waals surface area contributed by atoms with E-state index in [1.54, 1.807) is 0 Å². The van der Waals surface area contributed by atoms with Gasteiger partial charge in [-0.2, -0.15) is 0 Å². The summed E-state index contributed by atoms with van der Waals surface area (Å²) in [6, 6.07) is 0. The van der Waals surface area contributed by atoms with Gasteiger partial charge in [0.2, 0.25) is 0 Å². The van der Waals surface area contributed by atoms with E-state index in [1.807, 2.05) is 21.1 Å². The van der Waals surface area contributed by atoms with Crippen molar-refractivity contribution in [3.8, 4) is 0 Å². The molecular formula is C92H138NO8+. The topological polar surface area (TPSA) is 108 Å². The summed E-state index contributed by atoms with van der Waals surface area (Å²) in [5.41, 5.74) is 0. The van der Waals surface area contributed by atoms with E-state index in [9.17, 15) is 19.5 Å². The van der Waals surface area contributed by atoms with Gasteiger partial charge in [0.05, 0.1) is 34.4 Å². The average molecular weight is 1390 g/mol. The summed E-state index contributed by atoms with van der Waals surface area (Å²) in [6.45, 7) is 4.54. The lowest BCUT2D eigenvalue weighted by molar-refractivity contribution is -0.870. The maximum Gasteiger partial charge on any atom is 0.361 e. The summed E-state index contributed by atoms with van der Waals surface area (Å²) < 4.78 is 22.9. The zero-order valence-corrected chi connectivity index (χ0v) is 63.7. The molecule has 0 amide bonds. The molecule has 2 unspecified atom stereocenters. The second-order valence-corrected chi connectivity index (χ2v) is 25.5. The second kappa shape index (κ2) is 78.3. The Labute approximate surface area is 616 Å². The minimum absolute atomic E-state index is 0.162. The van der Waals surface area contributed by atoms with Gasteiger partial charge < -0.3 is 28.5 Å². The summed E-state index contributed by atoms with van der Waals surface area (Å²) in [5, 5.41) is 9.76. The highest BCUT2D eigenvalue weighted by Gasteiger charge is 2.25. The third-order valence-corrected chi connectivity index (χ3v) is 15.0. The quantitative estimate of drug-likeness (QED) is 0.0211. The molecule has 0 aromatic carbocycles. The van der Waals surface area contributed by atoms with Crippen molar-refractivity contribution >= 4 is 17.9 Å². The lowest BCUT2D eigenvalue weighted by atomic mass is 10.1. The molecule has 0 saturated carbocycles. The summed E-state index contributed by atoms with van der Waals surface area (Å²) in [7, 11) is 5.94. The number of allylic oxidation sites excluding steroid dienone is 44. The van der Waals surface area contributed by atoms with Gasteiger partial charge in [0.1, 0.15) is 13.2 Å². The van der Waals surface area contributed by atoms with E-state index in [0.29, 0.717) is 23.9 Å². The van der Waals surface area contributed by atoms with Crippen molar-refractivity contribution in [3.63, 3.8) is 0 Å². The minimum Gasteiger partial charge on any atom is -0.477 e. The fourth-order valence-electron chi connectivity index (χ4n) is 9.20. The first-order valence-corrected chi connectivity index (χ1v) is 38.5. The molecule has 0 aromatic heterocycles. The number of carboxylic acid groups (broad SMARTS) is 1. The van der Waals surface area contributed by atoms with E-state index in [4.69, 9.17) is 18.9 Å². The van der Waals surface area contributed by atoms with Crippen LogP contribution < -0.4 is 0 Å². The smallest absolute Gasteiger partial charge is 0.361 e. The van der Waals surface area contributed by atoms with Crippen molar-refractivity contribution in [1.29, 1.82) is 0 Å². The molecular weight excluding hydrogens is 1250 g/mol. The molecule has 0 aliphatic carbocycles. The normalized spacial score (nSPS) is 14.2. The average Bonchev–Trinajstić information content (AvgIpc) is 1.21. The first kappa shape index (κ1) is 93.6. The van der Waals surface area contributed by atoms with Gasteiger partial charge >= 0.3 is 17.9 Å². The molecule has 0 bridgehead atoms. The number of quaternary nitrogens is 1. The van der Waals surface area contributed by atoms with Crippen molar-refractivity contribution in [1.82, 2.24) is 0 Å². The number of likely N-dealkylation sites (N-methyl/N-ethyl adjacent to an activating group) is 1. The number of rotatable bonds is 67. The molecule has 2 atom stereocenters. The van der Waals surface area contributed by atoms with Crippen LogP contribution >= 0.6 is 0 Å². The van der Waals surface area contributed by atoms with Crippen LogP contribution in [-0.4, -0.2) is 87.4 Å². The lowest BCUT2D eigenvalue weighted by Crippen LogP contribution is -2.40. The first-order valence-electron chi connectivity index (χ1n) is 38.5. The fraction of sp³-hybridized carbons (Fsp3) is 0.489. The molecule has 9 nitrogen and oxygen atoms in total. The molecule has 0 fully saturated rings. The standard InChI is InChI=1S/C92H137NO8/c1-6-8-10-12-14-16-18-20-22-24-26-28-30-32-34-36-38-40-42-43-44-45-46-47-49-51-53-55-57-59-61-63-65-67-69-71-73-75-77-79-81-83-90(95)101-88(87-100-92(91(96)97)98-85-84-93(3,4)5)86-99-89(94)82-80-78-76-74-72-70-68-66-64-62-60-58-56-54-52-50-48-41-39-37-35-33-31-29-27-25-23-21-19-17-15-13-11-9-7-2/h8-11,14-17,20-23,26-29,32-35,38-41,43-44,46-47,50-53,56-59,62-65,68-71,88,92H,6-7,12-13,18-19,24-25,30-31,36-37,42,45,48-49,54-55,60-61,66-67,72-87H2,1-5H3/p+1/b10-8-,11-9-,16-14-,17-15-,22-20-,23-21-,28-26-,29-27-,34-32-,35-33-,40-38-,41-39-,44-43-,47-46-,52-50-,53-51-,58-56-,59-57-,64-62-,65-63-,70-68-,71-69-. The Morgan fingerprint density at radius 3 is 0.782 bits per heavy atom. The van der Waals surface area contributed by atoms with Crippen molar-refractivity contribution in [3.05, 3.63) is 267 Å². The van der Waals surface area contributed by atoms with Crippen molar-refractivity contribution in [2.75, 3.05) is 47.5 Å². The summed E-state index contributed by atoms with van der Waals surface area (Å²) >= 11 is 0. The third-order valence-electron chi connectivity index (χ3n) is 15.0. The van der Waals surface area contributed by atoms with Crippen LogP contribution in [0.15, 0.2) is 267 Å². The minimum atomic E-state index is -1.54. The van der Waals surface area contributed by atoms with Gasteiger partial charge in [-0.3, -0.25) is 9.59 Å².